The molecule has 0 aliphatic heterocycles. The Bertz CT molecular complexity index is 1050. The normalized spacial score (nSPS) is 11.0. The molecule has 2 N–H and O–H groups in total. The topological polar surface area (TPSA) is 69.4 Å². The third-order valence-electron chi connectivity index (χ3n) is 4.56. The van der Waals surface area contributed by atoms with Gasteiger partial charge in [-0.3, -0.25) is 0 Å². The quantitative estimate of drug-likeness (QED) is 0.369. The Morgan fingerprint density at radius 2 is 1.82 bits per heavy atom. The zero-order valence-corrected chi connectivity index (χ0v) is 16.5. The van der Waals surface area contributed by atoms with Gasteiger partial charge < -0.3 is 10.1 Å². The van der Waals surface area contributed by atoms with Crippen molar-refractivity contribution in [2.75, 3.05) is 19.4 Å². The van der Waals surface area contributed by atoms with Gasteiger partial charge in [-0.15, -0.1) is 5.10 Å². The van der Waals surface area contributed by atoms with E-state index in [2.05, 4.69) is 51.2 Å². The molecule has 1 aromatic heterocycles. The number of benzene rings is 3. The molecule has 0 bridgehead atoms. The third-order valence-corrected chi connectivity index (χ3v) is 5.51. The van der Waals surface area contributed by atoms with Crippen LogP contribution in [0, 0.1) is 0 Å². The molecule has 0 saturated carbocycles. The zero-order chi connectivity index (χ0) is 19.2. The van der Waals surface area contributed by atoms with E-state index in [-0.39, 0.29) is 0 Å². The summed E-state index contributed by atoms with van der Waals surface area (Å²) in [5, 5.41) is 17.7. The minimum Gasteiger partial charge on any atom is -0.496 e. The lowest BCUT2D eigenvalue weighted by Gasteiger charge is -2.11. The van der Waals surface area contributed by atoms with E-state index in [0.29, 0.717) is 0 Å². The molecule has 3 aromatic carbocycles. The van der Waals surface area contributed by atoms with Crippen molar-refractivity contribution in [1.29, 1.82) is 0 Å². The van der Waals surface area contributed by atoms with Crippen LogP contribution in [-0.2, 0) is 6.54 Å². The summed E-state index contributed by atoms with van der Waals surface area (Å²) in [7, 11) is 1.73. The van der Waals surface area contributed by atoms with Gasteiger partial charge in [-0.1, -0.05) is 60.3 Å². The van der Waals surface area contributed by atoms with Crippen LogP contribution in [0.25, 0.3) is 16.5 Å². The second kappa shape index (κ2) is 8.86. The number of methoxy groups -OCH3 is 1. The summed E-state index contributed by atoms with van der Waals surface area (Å²) in [5.74, 6) is 1.86. The molecule has 1 heterocycles. The van der Waals surface area contributed by atoms with Crippen LogP contribution in [0.15, 0.2) is 71.9 Å². The number of para-hydroxylation sites is 1. The first-order valence-corrected chi connectivity index (χ1v) is 10.2. The molecule has 0 spiro atoms. The highest BCUT2D eigenvalue weighted by Gasteiger charge is 2.11. The van der Waals surface area contributed by atoms with Gasteiger partial charge in [0.05, 0.1) is 30.7 Å². The molecular weight excluding hydrogens is 370 g/mol. The van der Waals surface area contributed by atoms with Crippen LogP contribution in [0.2, 0.25) is 0 Å². The van der Waals surface area contributed by atoms with Gasteiger partial charge in [-0.25, -0.2) is 0 Å². The van der Waals surface area contributed by atoms with Crippen molar-refractivity contribution in [3.05, 3.63) is 72.3 Å². The molecule has 0 unspecified atom stereocenters. The lowest BCUT2D eigenvalue weighted by molar-refractivity contribution is -0.666. The van der Waals surface area contributed by atoms with Gasteiger partial charge in [0.1, 0.15) is 12.3 Å². The molecule has 0 radical (unpaired) electrons. The lowest BCUT2D eigenvalue weighted by Crippen LogP contribution is -2.83. The smallest absolute Gasteiger partial charge is 0.214 e. The molecule has 0 aliphatic carbocycles. The largest absolute Gasteiger partial charge is 0.496 e. The molecular formula is C21H22N5OS+. The van der Waals surface area contributed by atoms with Crippen molar-refractivity contribution in [3.63, 3.8) is 0 Å². The van der Waals surface area contributed by atoms with Crippen molar-refractivity contribution < 1.29 is 10.1 Å². The van der Waals surface area contributed by atoms with Crippen molar-refractivity contribution in [1.82, 2.24) is 20.2 Å². The Morgan fingerprint density at radius 1 is 1.00 bits per heavy atom. The van der Waals surface area contributed by atoms with Gasteiger partial charge in [0.25, 0.3) is 0 Å². The predicted molar refractivity (Wildman–Crippen MR) is 111 cm³/mol. The molecule has 6 nitrogen and oxygen atoms in total. The summed E-state index contributed by atoms with van der Waals surface area (Å²) >= 11 is 1.66. The van der Waals surface area contributed by atoms with Crippen LogP contribution in [0.5, 0.6) is 5.75 Å². The van der Waals surface area contributed by atoms with Crippen molar-refractivity contribution in [2.24, 2.45) is 0 Å². The average molecular weight is 393 g/mol. The Kier molecular flexibility index (Phi) is 5.84. The van der Waals surface area contributed by atoms with Crippen LogP contribution < -0.4 is 10.1 Å². The number of hydrogen-bond donors (Lipinski definition) is 1. The predicted octanol–water partition coefficient (Wildman–Crippen LogP) is 2.68. The fraction of sp³-hybridized carbons (Fsp3) is 0.190. The zero-order valence-electron chi connectivity index (χ0n) is 15.7. The number of aromatic nitrogens is 4. The third kappa shape index (κ3) is 4.00. The maximum Gasteiger partial charge on any atom is 0.214 e. The fourth-order valence-electron chi connectivity index (χ4n) is 3.20. The van der Waals surface area contributed by atoms with Gasteiger partial charge in [0.2, 0.25) is 5.16 Å². The van der Waals surface area contributed by atoms with E-state index in [1.165, 1.54) is 16.3 Å². The molecule has 0 fully saturated rings. The number of hydrogen-bond acceptors (Lipinski definition) is 5. The number of thioether (sulfide) groups is 1. The first-order chi connectivity index (χ1) is 13.9. The summed E-state index contributed by atoms with van der Waals surface area (Å²) in [6, 6.07) is 22.5. The number of tetrazole rings is 1. The highest BCUT2D eigenvalue weighted by molar-refractivity contribution is 7.99. The molecule has 4 aromatic rings. The number of fused-ring (bicyclic) bond motifs is 1. The van der Waals surface area contributed by atoms with Crippen molar-refractivity contribution in [2.45, 2.75) is 11.7 Å². The van der Waals surface area contributed by atoms with Gasteiger partial charge in [0.15, 0.2) is 0 Å². The number of rotatable bonds is 8. The first kappa shape index (κ1) is 18.5. The average Bonchev–Trinajstić information content (AvgIpc) is 3.22. The number of nitrogens with two attached hydrogens (primary N) is 1. The molecule has 0 amide bonds. The van der Waals surface area contributed by atoms with Gasteiger partial charge in [-0.2, -0.15) is 4.68 Å². The summed E-state index contributed by atoms with van der Waals surface area (Å²) < 4.78 is 7.36. The number of quaternary nitrogens is 1. The fourth-order valence-corrected chi connectivity index (χ4v) is 4.02. The van der Waals surface area contributed by atoms with Gasteiger partial charge in [0, 0.05) is 0 Å². The van der Waals surface area contributed by atoms with E-state index in [1.807, 2.05) is 36.4 Å². The molecule has 0 aliphatic rings. The number of nitrogens with zero attached hydrogens (tertiary/aromatic N) is 4. The standard InChI is InChI=1S/C21H21N5OS/c1-27-20-12-11-16-7-5-6-10-18(16)19(20)15-22-13-14-28-21-23-24-25-26(21)17-8-3-2-4-9-17/h2-12,22H,13-15H2,1H3/p+1. The maximum absolute atomic E-state index is 5.58. The van der Waals surface area contributed by atoms with Gasteiger partial charge >= 0.3 is 0 Å². The summed E-state index contributed by atoms with van der Waals surface area (Å²) in [5.41, 5.74) is 2.21. The van der Waals surface area contributed by atoms with Crippen LogP contribution in [-0.4, -0.2) is 39.6 Å². The van der Waals surface area contributed by atoms with Crippen LogP contribution in [0.3, 0.4) is 0 Å². The van der Waals surface area contributed by atoms with Crippen LogP contribution in [0.4, 0.5) is 0 Å². The van der Waals surface area contributed by atoms with Crippen LogP contribution in [0.1, 0.15) is 5.56 Å². The van der Waals surface area contributed by atoms with Gasteiger partial charge in [-0.05, 0) is 39.4 Å². The molecule has 28 heavy (non-hydrogen) atoms. The van der Waals surface area contributed by atoms with E-state index >= 15 is 0 Å². The molecule has 0 saturated heterocycles. The van der Waals surface area contributed by atoms with E-state index in [9.17, 15) is 0 Å². The Hall–Kier alpha value is -2.90. The highest BCUT2D eigenvalue weighted by atomic mass is 32.2. The molecule has 4 rings (SSSR count). The monoisotopic (exact) mass is 392 g/mol. The Balaban J connectivity index is 1.37. The molecule has 0 atom stereocenters. The lowest BCUT2D eigenvalue weighted by atomic mass is 10.0. The van der Waals surface area contributed by atoms with E-state index in [0.717, 1.165) is 35.4 Å². The van der Waals surface area contributed by atoms with E-state index < -0.39 is 0 Å². The first-order valence-electron chi connectivity index (χ1n) is 9.19. The minimum atomic E-state index is 0.808. The molecule has 142 valence electrons. The maximum atomic E-state index is 5.58. The van der Waals surface area contributed by atoms with E-state index in [1.54, 1.807) is 23.6 Å². The van der Waals surface area contributed by atoms with Crippen LogP contribution >= 0.6 is 11.8 Å². The number of ether oxygens (including phenoxy) is 1. The van der Waals surface area contributed by atoms with Crippen molar-refractivity contribution in [3.8, 4) is 11.4 Å². The second-order valence-electron chi connectivity index (χ2n) is 6.31. The Labute approximate surface area is 167 Å². The molecule has 7 heteroatoms. The summed E-state index contributed by atoms with van der Waals surface area (Å²) in [6.45, 7) is 1.83. The SMILES string of the molecule is COc1ccc2ccccc2c1C[NH2+]CCSc1nnnn1-c1ccccc1. The van der Waals surface area contributed by atoms with Crippen molar-refractivity contribution >= 4 is 22.5 Å². The second-order valence-corrected chi connectivity index (χ2v) is 7.37. The highest BCUT2D eigenvalue weighted by Crippen LogP contribution is 2.27. The summed E-state index contributed by atoms with van der Waals surface area (Å²) in [4.78, 5) is 0. The van der Waals surface area contributed by atoms with E-state index in [4.69, 9.17) is 4.74 Å². The Morgan fingerprint density at radius 3 is 2.68 bits per heavy atom. The minimum absolute atomic E-state index is 0.808. The summed E-state index contributed by atoms with van der Waals surface area (Å²) in [6.07, 6.45) is 0.